The molecule has 0 aromatic carbocycles. The lowest BCUT2D eigenvalue weighted by Gasteiger charge is -2.21. The van der Waals surface area contributed by atoms with Gasteiger partial charge in [0.15, 0.2) is 0 Å². The Hall–Kier alpha value is -1.94. The lowest BCUT2D eigenvalue weighted by Crippen LogP contribution is -2.35. The molecule has 0 aliphatic carbocycles. The summed E-state index contributed by atoms with van der Waals surface area (Å²) in [4.78, 5) is 43.2. The number of hydrogen-bond donors (Lipinski definition) is 2. The minimum absolute atomic E-state index is 0.0165. The molecule has 0 fully saturated rings. The first-order valence-corrected chi connectivity index (χ1v) is 10.1. The van der Waals surface area contributed by atoms with E-state index in [1.807, 2.05) is 0 Å². The van der Waals surface area contributed by atoms with Gasteiger partial charge in [-0.25, -0.2) is 0 Å². The average Bonchev–Trinajstić information content (AvgIpc) is 2.61. The number of nitro groups is 2. The van der Waals surface area contributed by atoms with Gasteiger partial charge in [-0.2, -0.15) is 0 Å². The van der Waals surface area contributed by atoms with Crippen LogP contribution < -0.4 is 0 Å². The number of ketones is 2. The van der Waals surface area contributed by atoms with Gasteiger partial charge in [-0.05, 0) is 39.5 Å². The van der Waals surface area contributed by atoms with Crippen molar-refractivity contribution in [2.24, 2.45) is 11.8 Å². The fraction of sp³-hybridized carbons (Fsp3) is 0.900. The van der Waals surface area contributed by atoms with E-state index in [0.717, 1.165) is 0 Å². The van der Waals surface area contributed by atoms with Gasteiger partial charge in [0.1, 0.15) is 11.6 Å². The zero-order chi connectivity index (χ0) is 24.1. The number of hydrogen-bond acceptors (Lipinski definition) is 8. The average molecular weight is 435 g/mol. The van der Waals surface area contributed by atoms with Crippen molar-refractivity contribution in [2.45, 2.75) is 91.1 Å². The third-order valence-corrected chi connectivity index (χ3v) is 5.05. The maximum Gasteiger partial charge on any atom is 0.217 e. The van der Waals surface area contributed by atoms with Gasteiger partial charge in [-0.15, -0.1) is 0 Å². The van der Waals surface area contributed by atoms with Gasteiger partial charge in [-0.1, -0.05) is 0 Å². The van der Waals surface area contributed by atoms with Gasteiger partial charge < -0.3 is 10.2 Å². The largest absolute Gasteiger partial charge is 0.396 e. The van der Waals surface area contributed by atoms with E-state index in [9.17, 15) is 29.8 Å². The smallest absolute Gasteiger partial charge is 0.217 e. The van der Waals surface area contributed by atoms with E-state index in [4.69, 9.17) is 10.2 Å². The van der Waals surface area contributed by atoms with Crippen LogP contribution in [0.4, 0.5) is 0 Å². The van der Waals surface area contributed by atoms with Gasteiger partial charge in [0.2, 0.25) is 11.1 Å². The molecule has 0 rings (SSSR count). The van der Waals surface area contributed by atoms with E-state index in [0.29, 0.717) is 25.7 Å². The third kappa shape index (κ3) is 12.6. The molecule has 0 radical (unpaired) electrons. The molecule has 0 aliphatic rings. The van der Waals surface area contributed by atoms with Crippen molar-refractivity contribution in [3.8, 4) is 0 Å². The summed E-state index contributed by atoms with van der Waals surface area (Å²) in [5.41, 5.74) is -2.16. The molecule has 10 heteroatoms. The summed E-state index contributed by atoms with van der Waals surface area (Å²) in [6.45, 7) is 8.98. The van der Waals surface area contributed by atoms with Crippen molar-refractivity contribution in [3.05, 3.63) is 20.2 Å². The van der Waals surface area contributed by atoms with Crippen molar-refractivity contribution >= 4 is 11.6 Å². The maximum atomic E-state index is 11.2. The van der Waals surface area contributed by atoms with Gasteiger partial charge in [-0.3, -0.25) is 29.8 Å². The van der Waals surface area contributed by atoms with Crippen molar-refractivity contribution in [1.82, 2.24) is 0 Å². The molecule has 0 saturated heterocycles. The Kier molecular flexibility index (Phi) is 14.3. The van der Waals surface area contributed by atoms with Crippen molar-refractivity contribution < 1.29 is 29.6 Å². The van der Waals surface area contributed by atoms with Crippen LogP contribution in [0.25, 0.3) is 0 Å². The lowest BCUT2D eigenvalue weighted by atomic mass is 9.86. The molecule has 30 heavy (non-hydrogen) atoms. The van der Waals surface area contributed by atoms with E-state index in [1.165, 1.54) is 41.5 Å². The number of Topliss-reactive ketones (excluding diaryl/α,β-unsaturated/α-hetero) is 2. The van der Waals surface area contributed by atoms with Gasteiger partial charge in [0.25, 0.3) is 0 Å². The van der Waals surface area contributed by atoms with Gasteiger partial charge in [0, 0.05) is 75.4 Å². The summed E-state index contributed by atoms with van der Waals surface area (Å²) in [5, 5.41) is 38.7. The number of nitrogens with zero attached hydrogens (tertiary/aromatic N) is 2. The Balaban J connectivity index is 0. The monoisotopic (exact) mass is 434 g/mol. The van der Waals surface area contributed by atoms with Crippen molar-refractivity contribution in [1.29, 1.82) is 0 Å². The summed E-state index contributed by atoms with van der Waals surface area (Å²) in [6.07, 6.45) is 2.52. The second kappa shape index (κ2) is 14.1. The highest BCUT2D eigenvalue weighted by Gasteiger charge is 2.36. The van der Waals surface area contributed by atoms with Crippen LogP contribution in [0.15, 0.2) is 0 Å². The van der Waals surface area contributed by atoms with E-state index in [-0.39, 0.29) is 59.3 Å². The Morgan fingerprint density at radius 3 is 1.20 bits per heavy atom. The molecule has 2 N–H and O–H groups in total. The molecule has 10 nitrogen and oxygen atoms in total. The molecular formula is C20H38N2O8. The van der Waals surface area contributed by atoms with E-state index >= 15 is 0 Å². The van der Waals surface area contributed by atoms with Crippen molar-refractivity contribution in [2.75, 3.05) is 13.2 Å². The molecule has 0 amide bonds. The number of aliphatic hydroxyl groups excluding tert-OH is 2. The lowest BCUT2D eigenvalue weighted by molar-refractivity contribution is -0.562. The predicted octanol–water partition coefficient (Wildman–Crippen LogP) is 2.82. The molecule has 176 valence electrons. The quantitative estimate of drug-likeness (QED) is 0.311. The highest BCUT2D eigenvalue weighted by molar-refractivity contribution is 5.78. The van der Waals surface area contributed by atoms with Crippen molar-refractivity contribution in [3.63, 3.8) is 0 Å². The summed E-state index contributed by atoms with van der Waals surface area (Å²) in [6, 6.07) is 0. The second-order valence-electron chi connectivity index (χ2n) is 8.89. The predicted molar refractivity (Wildman–Crippen MR) is 112 cm³/mol. The highest BCUT2D eigenvalue weighted by Crippen LogP contribution is 2.24. The first kappa shape index (κ1) is 30.3. The minimum Gasteiger partial charge on any atom is -0.396 e. The number of carbonyl (C=O) groups excluding carboxylic acids is 2. The first-order valence-electron chi connectivity index (χ1n) is 10.1. The molecule has 0 saturated carbocycles. The van der Waals surface area contributed by atoms with Crippen LogP contribution in [0.5, 0.6) is 0 Å². The maximum absolute atomic E-state index is 11.2. The molecular weight excluding hydrogens is 396 g/mol. The molecule has 0 aromatic heterocycles. The summed E-state index contributed by atoms with van der Waals surface area (Å²) in [7, 11) is 0. The number of rotatable bonds is 14. The van der Waals surface area contributed by atoms with Gasteiger partial charge in [0.05, 0.1) is 0 Å². The summed E-state index contributed by atoms with van der Waals surface area (Å²) >= 11 is 0. The van der Waals surface area contributed by atoms with E-state index < -0.39 is 11.1 Å². The van der Waals surface area contributed by atoms with Gasteiger partial charge >= 0.3 is 0 Å². The van der Waals surface area contributed by atoms with E-state index in [2.05, 4.69) is 0 Å². The fourth-order valence-electron chi connectivity index (χ4n) is 2.93. The summed E-state index contributed by atoms with van der Waals surface area (Å²) in [5.74, 6) is -0.730. The molecule has 0 heterocycles. The fourth-order valence-corrected chi connectivity index (χ4v) is 2.93. The molecule has 0 aliphatic heterocycles. The van der Waals surface area contributed by atoms with Crippen LogP contribution in [0.2, 0.25) is 0 Å². The molecule has 0 aromatic rings. The Bertz CT molecular complexity index is 525. The van der Waals surface area contributed by atoms with Crippen LogP contribution in [-0.4, -0.2) is 55.9 Å². The number of carbonyl (C=O) groups is 2. The zero-order valence-electron chi connectivity index (χ0n) is 19.0. The van der Waals surface area contributed by atoms with Crippen LogP contribution in [-0.2, 0) is 9.59 Å². The molecule has 0 bridgehead atoms. The Labute approximate surface area is 178 Å². The SMILES string of the molecule is CC(=O)C(CCCO)CC(C)(C)[N+](=O)[O-].CC(=O)[C@@H](CCCO)CC(C)(C)[N+](=O)[O-]. The zero-order valence-corrected chi connectivity index (χ0v) is 19.0. The van der Waals surface area contributed by atoms with Crippen LogP contribution in [0.1, 0.15) is 80.1 Å². The molecule has 1 unspecified atom stereocenters. The Morgan fingerprint density at radius 1 is 0.767 bits per heavy atom. The molecule has 2 atom stereocenters. The standard InChI is InChI=1S/2C10H19NO4/c2*1-8(13)9(5-4-6-12)7-10(2,3)11(14)15/h2*9,12H,4-7H2,1-3H3/t9-;/m0./s1. The second-order valence-corrected chi connectivity index (χ2v) is 8.89. The van der Waals surface area contributed by atoms with Crippen LogP contribution in [0, 0.1) is 32.1 Å². The van der Waals surface area contributed by atoms with Crippen LogP contribution in [0.3, 0.4) is 0 Å². The normalized spacial score (nSPS) is 13.6. The first-order chi connectivity index (χ1) is 13.6. The topological polar surface area (TPSA) is 161 Å². The highest BCUT2D eigenvalue weighted by atomic mass is 16.6. The number of aliphatic hydroxyl groups is 2. The minimum atomic E-state index is -1.08. The molecule has 0 spiro atoms. The van der Waals surface area contributed by atoms with E-state index in [1.54, 1.807) is 0 Å². The third-order valence-electron chi connectivity index (χ3n) is 5.05. The van der Waals surface area contributed by atoms with Crippen LogP contribution >= 0.6 is 0 Å². The summed E-state index contributed by atoms with van der Waals surface area (Å²) < 4.78 is 0. The Morgan fingerprint density at radius 2 is 1.03 bits per heavy atom.